The highest BCUT2D eigenvalue weighted by Gasteiger charge is 2.31. The Bertz CT molecular complexity index is 1090. The Labute approximate surface area is 178 Å². The van der Waals surface area contributed by atoms with Crippen molar-refractivity contribution in [3.8, 4) is 17.5 Å². The van der Waals surface area contributed by atoms with Gasteiger partial charge < -0.3 is 14.6 Å². The Hall–Kier alpha value is -3.68. The number of likely N-dealkylation sites (tertiary alicyclic amines) is 1. The Balaban J connectivity index is 1.52. The molecule has 1 N–H and O–H groups in total. The summed E-state index contributed by atoms with van der Waals surface area (Å²) in [5.41, 5.74) is 2.23. The van der Waals surface area contributed by atoms with Crippen molar-refractivity contribution in [1.82, 2.24) is 25.0 Å². The average molecular weight is 419 g/mol. The molecule has 2 aromatic heterocycles. The first-order chi connectivity index (χ1) is 15.2. The number of nitriles is 1. The molecule has 1 atom stereocenters. The second-order valence-corrected chi connectivity index (χ2v) is 7.16. The third-order valence-electron chi connectivity index (χ3n) is 5.05. The van der Waals surface area contributed by atoms with Crippen molar-refractivity contribution in [2.75, 3.05) is 25.6 Å². The molecule has 10 nitrogen and oxygen atoms in total. The van der Waals surface area contributed by atoms with Gasteiger partial charge >= 0.3 is 0 Å². The van der Waals surface area contributed by atoms with Crippen LogP contribution >= 0.6 is 0 Å². The third kappa shape index (κ3) is 4.74. The van der Waals surface area contributed by atoms with Gasteiger partial charge in [-0.3, -0.25) is 9.69 Å². The van der Waals surface area contributed by atoms with Gasteiger partial charge in [0.2, 0.25) is 11.7 Å². The number of aromatic nitrogens is 4. The SMILES string of the molecule is COCC(=O)Nc1ncncc1-c1noc([C@@H]2CCCN2Cc2ccc(C#N)cc2)n1. The number of nitrogens with zero attached hydrogens (tertiary/aromatic N) is 6. The molecule has 1 aromatic carbocycles. The second-order valence-electron chi connectivity index (χ2n) is 7.16. The molecule has 1 fully saturated rings. The van der Waals surface area contributed by atoms with Crippen molar-refractivity contribution < 1.29 is 14.1 Å². The van der Waals surface area contributed by atoms with Gasteiger partial charge in [0, 0.05) is 19.9 Å². The summed E-state index contributed by atoms with van der Waals surface area (Å²) in [6.45, 7) is 1.54. The molecule has 1 aliphatic rings. The first kappa shape index (κ1) is 20.6. The number of amides is 1. The first-order valence-corrected chi connectivity index (χ1v) is 9.84. The Morgan fingerprint density at radius 3 is 3.00 bits per heavy atom. The molecule has 0 spiro atoms. The van der Waals surface area contributed by atoms with Crippen molar-refractivity contribution in [1.29, 1.82) is 5.26 Å². The summed E-state index contributed by atoms with van der Waals surface area (Å²) in [7, 11) is 1.44. The van der Waals surface area contributed by atoms with Gasteiger partial charge in [-0.15, -0.1) is 0 Å². The van der Waals surface area contributed by atoms with E-state index in [1.54, 1.807) is 0 Å². The van der Waals surface area contributed by atoms with E-state index in [4.69, 9.17) is 14.5 Å². The molecule has 0 saturated carbocycles. The molecule has 3 aromatic rings. The van der Waals surface area contributed by atoms with Gasteiger partial charge in [-0.25, -0.2) is 9.97 Å². The van der Waals surface area contributed by atoms with Crippen molar-refractivity contribution >= 4 is 11.7 Å². The van der Waals surface area contributed by atoms with Crippen LogP contribution in [0.4, 0.5) is 5.82 Å². The molecule has 0 radical (unpaired) electrons. The highest BCUT2D eigenvalue weighted by Crippen LogP contribution is 2.33. The number of methoxy groups -OCH3 is 1. The summed E-state index contributed by atoms with van der Waals surface area (Å²) in [5, 5.41) is 15.7. The summed E-state index contributed by atoms with van der Waals surface area (Å²) in [6.07, 6.45) is 4.79. The average Bonchev–Trinajstić information content (AvgIpc) is 3.44. The van der Waals surface area contributed by atoms with Crippen molar-refractivity contribution in [3.63, 3.8) is 0 Å². The molecular weight excluding hydrogens is 398 g/mol. The third-order valence-corrected chi connectivity index (χ3v) is 5.05. The Morgan fingerprint density at radius 2 is 2.23 bits per heavy atom. The van der Waals surface area contributed by atoms with Crippen molar-refractivity contribution in [3.05, 3.63) is 53.8 Å². The van der Waals surface area contributed by atoms with Crippen LogP contribution in [-0.2, 0) is 16.1 Å². The highest BCUT2D eigenvalue weighted by molar-refractivity contribution is 5.93. The van der Waals surface area contributed by atoms with E-state index in [1.807, 2.05) is 24.3 Å². The van der Waals surface area contributed by atoms with E-state index in [9.17, 15) is 4.79 Å². The van der Waals surface area contributed by atoms with E-state index < -0.39 is 0 Å². The smallest absolute Gasteiger partial charge is 0.251 e. The topological polar surface area (TPSA) is 130 Å². The molecule has 0 unspecified atom stereocenters. The van der Waals surface area contributed by atoms with Crippen LogP contribution in [0.3, 0.4) is 0 Å². The van der Waals surface area contributed by atoms with Crippen LogP contribution in [-0.4, -0.2) is 51.2 Å². The number of carbonyl (C=O) groups is 1. The lowest BCUT2D eigenvalue weighted by molar-refractivity contribution is -0.119. The summed E-state index contributed by atoms with van der Waals surface area (Å²) in [4.78, 5) is 26.9. The summed E-state index contributed by atoms with van der Waals surface area (Å²) in [6, 6.07) is 9.69. The number of carbonyl (C=O) groups excluding carboxylic acids is 1. The molecule has 31 heavy (non-hydrogen) atoms. The van der Waals surface area contributed by atoms with E-state index in [0.717, 1.165) is 31.5 Å². The minimum atomic E-state index is -0.337. The maximum Gasteiger partial charge on any atom is 0.251 e. The summed E-state index contributed by atoms with van der Waals surface area (Å²) >= 11 is 0. The number of benzene rings is 1. The lowest BCUT2D eigenvalue weighted by Gasteiger charge is -2.21. The molecule has 0 aliphatic carbocycles. The molecule has 1 amide bonds. The van der Waals surface area contributed by atoms with Gasteiger partial charge in [-0.1, -0.05) is 17.3 Å². The molecular formula is C21H21N7O3. The van der Waals surface area contributed by atoms with Crippen molar-refractivity contribution in [2.24, 2.45) is 0 Å². The lowest BCUT2D eigenvalue weighted by atomic mass is 10.1. The van der Waals surface area contributed by atoms with Gasteiger partial charge in [0.1, 0.15) is 18.8 Å². The molecule has 158 valence electrons. The van der Waals surface area contributed by atoms with Crippen LogP contribution in [0.25, 0.3) is 11.4 Å². The fourth-order valence-corrected chi connectivity index (χ4v) is 3.59. The standard InChI is InChI=1S/C21H21N7O3/c1-30-12-18(29)25-19-16(10-23-13-24-19)20-26-21(31-27-20)17-3-2-8-28(17)11-15-6-4-14(9-22)5-7-15/h4-7,10,13,17H,2-3,8,11-12H2,1H3,(H,23,24,25,29)/t17-/m0/s1. The number of ether oxygens (including phenoxy) is 1. The quantitative estimate of drug-likeness (QED) is 0.613. The van der Waals surface area contributed by atoms with Crippen LogP contribution in [0.15, 0.2) is 41.3 Å². The van der Waals surface area contributed by atoms with Crippen LogP contribution in [0, 0.1) is 11.3 Å². The molecule has 4 rings (SSSR count). The molecule has 0 bridgehead atoms. The fourth-order valence-electron chi connectivity index (χ4n) is 3.59. The fraction of sp³-hybridized carbons (Fsp3) is 0.333. The lowest BCUT2D eigenvalue weighted by Crippen LogP contribution is -2.23. The van der Waals surface area contributed by atoms with Gasteiger partial charge in [0.25, 0.3) is 5.91 Å². The van der Waals surface area contributed by atoms with Gasteiger partial charge in [0.15, 0.2) is 0 Å². The number of hydrogen-bond donors (Lipinski definition) is 1. The number of nitrogens with one attached hydrogen (secondary N) is 1. The predicted molar refractivity (Wildman–Crippen MR) is 109 cm³/mol. The van der Waals surface area contributed by atoms with Crippen LogP contribution < -0.4 is 5.32 Å². The largest absolute Gasteiger partial charge is 0.375 e. The van der Waals surface area contributed by atoms with Crippen LogP contribution in [0.5, 0.6) is 0 Å². The summed E-state index contributed by atoms with van der Waals surface area (Å²) in [5.74, 6) is 0.786. The van der Waals surface area contributed by atoms with Crippen LogP contribution in [0.1, 0.15) is 35.9 Å². The predicted octanol–water partition coefficient (Wildman–Crippen LogP) is 2.32. The molecule has 10 heteroatoms. The summed E-state index contributed by atoms with van der Waals surface area (Å²) < 4.78 is 10.4. The number of hydrogen-bond acceptors (Lipinski definition) is 9. The normalized spacial score (nSPS) is 16.2. The highest BCUT2D eigenvalue weighted by atomic mass is 16.5. The monoisotopic (exact) mass is 419 g/mol. The maximum atomic E-state index is 11.9. The van der Waals surface area contributed by atoms with Crippen molar-refractivity contribution in [2.45, 2.75) is 25.4 Å². The maximum absolute atomic E-state index is 11.9. The number of anilines is 1. The van der Waals surface area contributed by atoms with Gasteiger partial charge in [-0.2, -0.15) is 10.2 Å². The minimum absolute atomic E-state index is 0.00643. The zero-order valence-electron chi connectivity index (χ0n) is 17.0. The van der Waals surface area contributed by atoms with E-state index in [1.165, 1.54) is 19.6 Å². The zero-order valence-corrected chi connectivity index (χ0v) is 17.0. The van der Waals surface area contributed by atoms with E-state index >= 15 is 0 Å². The molecule has 3 heterocycles. The van der Waals surface area contributed by atoms with Crippen LogP contribution in [0.2, 0.25) is 0 Å². The minimum Gasteiger partial charge on any atom is -0.375 e. The Kier molecular flexibility index (Phi) is 6.26. The van der Waals surface area contributed by atoms with E-state index in [-0.39, 0.29) is 18.6 Å². The first-order valence-electron chi connectivity index (χ1n) is 9.84. The second kappa shape index (κ2) is 9.42. The molecule has 1 aliphatic heterocycles. The van der Waals surface area contributed by atoms with E-state index in [2.05, 4.69) is 36.4 Å². The Morgan fingerprint density at radius 1 is 1.39 bits per heavy atom. The van der Waals surface area contributed by atoms with Gasteiger partial charge in [0.05, 0.1) is 23.2 Å². The van der Waals surface area contributed by atoms with Gasteiger partial charge in [-0.05, 0) is 37.1 Å². The molecule has 1 saturated heterocycles. The van der Waals surface area contributed by atoms with E-state index in [0.29, 0.717) is 28.7 Å². The number of rotatable bonds is 7. The zero-order chi connectivity index (χ0) is 21.6.